The molecule has 31 heteroatoms. The summed E-state index contributed by atoms with van der Waals surface area (Å²) < 4.78 is 72.8. The predicted molar refractivity (Wildman–Crippen MR) is 350 cm³/mol. The number of aliphatic carboxylic acids is 1. The number of aliphatic hydroxyl groups excluding tert-OH is 14. The van der Waals surface area contributed by atoms with Crippen LogP contribution in [0.4, 0.5) is 0 Å². The van der Waals surface area contributed by atoms with Crippen LogP contribution in [0.5, 0.6) is 5.75 Å². The Bertz CT molecular complexity index is 3280. The van der Waals surface area contributed by atoms with Crippen molar-refractivity contribution in [2.24, 2.45) is 50.2 Å². The number of carboxylic acids is 1. The minimum absolute atomic E-state index is 0.0410. The second kappa shape index (κ2) is 29.9. The average Bonchev–Trinajstić information content (AvgIpc) is 0.670. The monoisotopic (exact) mass is 1470 g/mol. The maximum absolute atomic E-state index is 16.1. The van der Waals surface area contributed by atoms with Gasteiger partial charge < -0.3 is 138 Å². The van der Waals surface area contributed by atoms with Gasteiger partial charge in [-0.15, -0.1) is 0 Å². The van der Waals surface area contributed by atoms with Crippen LogP contribution in [0.2, 0.25) is 0 Å². The molecule has 35 atom stereocenters. The van der Waals surface area contributed by atoms with Crippen LogP contribution >= 0.6 is 0 Å². The van der Waals surface area contributed by atoms with Gasteiger partial charge in [-0.25, -0.2) is 9.59 Å². The molecule has 9 fully saturated rings. The van der Waals surface area contributed by atoms with Gasteiger partial charge in [0.25, 0.3) is 0 Å². The smallest absolute Gasteiger partial charge is 0.335 e. The van der Waals surface area contributed by atoms with E-state index in [4.69, 9.17) is 56.8 Å². The van der Waals surface area contributed by atoms with Crippen LogP contribution in [0, 0.1) is 50.2 Å². The van der Waals surface area contributed by atoms with E-state index in [1.165, 1.54) is 27.9 Å². The number of ether oxygens (including phenoxy) is 12. The summed E-state index contributed by atoms with van der Waals surface area (Å²) in [5.41, 5.74) is -3.40. The van der Waals surface area contributed by atoms with Crippen LogP contribution in [-0.2, 0) is 71.3 Å². The number of hydrogen-bond donors (Lipinski definition) is 15. The van der Waals surface area contributed by atoms with Crippen LogP contribution in [0.25, 0.3) is 5.57 Å². The number of benzene rings is 1. The van der Waals surface area contributed by atoms with Gasteiger partial charge in [0.15, 0.2) is 43.5 Å². The highest BCUT2D eigenvalue weighted by Gasteiger charge is 2.73. The molecule has 10 aliphatic rings. The van der Waals surface area contributed by atoms with Crippen LogP contribution in [0.3, 0.4) is 0 Å². The summed E-state index contributed by atoms with van der Waals surface area (Å²) >= 11 is 0. The molecule has 580 valence electrons. The maximum Gasteiger partial charge on any atom is 0.335 e. The molecule has 0 radical (unpaired) electrons. The molecule has 5 aliphatic heterocycles. The lowest BCUT2D eigenvalue weighted by atomic mass is 9.33. The molecule has 0 spiro atoms. The first-order valence-corrected chi connectivity index (χ1v) is 35.7. The van der Waals surface area contributed by atoms with Gasteiger partial charge >= 0.3 is 17.9 Å². The normalized spacial score (nSPS) is 49.2. The van der Waals surface area contributed by atoms with Crippen molar-refractivity contribution in [3.63, 3.8) is 0 Å². The van der Waals surface area contributed by atoms with Gasteiger partial charge in [0.1, 0.15) is 109 Å². The number of carbonyl (C=O) groups excluding carboxylic acids is 3. The number of aliphatic hydroxyl groups is 14. The van der Waals surface area contributed by atoms with Gasteiger partial charge in [0, 0.05) is 5.57 Å². The summed E-state index contributed by atoms with van der Waals surface area (Å²) in [5.74, 6) is -4.23. The van der Waals surface area contributed by atoms with Crippen molar-refractivity contribution >= 4 is 29.8 Å². The van der Waals surface area contributed by atoms with Crippen molar-refractivity contribution in [3.05, 3.63) is 47.1 Å². The number of allylic oxidation sites excluding steroid dienone is 3. The Morgan fingerprint density at radius 3 is 1.68 bits per heavy atom. The molecular formula is C72H106O31. The highest BCUT2D eigenvalue weighted by atomic mass is 16.8. The van der Waals surface area contributed by atoms with Crippen molar-refractivity contribution < 1.29 is 153 Å². The standard InChI is InChI=1S/C72H106O31/c1-29(33-12-14-34(92-11)15-13-33)30(2)60(90)98-54-32(4)94-64(58(53(54)87)102-63-56(48(82)43(77)31(3)93-63)100-61-51(85)46(80)44(78)37(26-73)95-61)103-66(91)72-23-22-67(5,6)24-36(72)35-16-17-40-68(7)20-19-42(69(8,28-75)39(68)18-21-70(40,9)71(35,10)25-41(72)76)97-65-57(50(84)49(83)55(99-65)59(88)89)101-62-52(86)47(81)45(79)38(27-74)96-62/h12-16,28,31-32,36-58,61-65,73-74,76-87H,17-27H2,1-11H3,(H,88,89)/b30-29+/t31-,32+,36-,37+,38+,39+,40+,41+,42-,43-,44+,45-,46-,47-,48+,49-,50-,51+,52+,53+,54-,55-,56+,57+,58+,61-,62-,63-,64-,65+,68-,69-,70+,71+,72+/m0/s1. The highest BCUT2D eigenvalue weighted by Crippen LogP contribution is 2.76. The molecular weight excluding hydrogens is 1360 g/mol. The van der Waals surface area contributed by atoms with Crippen molar-refractivity contribution in [1.82, 2.24) is 0 Å². The minimum Gasteiger partial charge on any atom is -0.497 e. The van der Waals surface area contributed by atoms with Gasteiger partial charge in [-0.2, -0.15) is 0 Å². The Kier molecular flexibility index (Phi) is 23.1. The number of fused-ring (bicyclic) bond motifs is 7. The molecule has 15 N–H and O–H groups in total. The zero-order valence-electron chi connectivity index (χ0n) is 59.8. The van der Waals surface area contributed by atoms with E-state index < -0.39 is 241 Å². The molecule has 5 saturated heterocycles. The first-order valence-electron chi connectivity index (χ1n) is 35.7. The number of aldehydes is 1. The minimum atomic E-state index is -2.12. The van der Waals surface area contributed by atoms with Crippen molar-refractivity contribution in [3.8, 4) is 5.75 Å². The van der Waals surface area contributed by atoms with E-state index in [0.29, 0.717) is 55.4 Å². The summed E-state index contributed by atoms with van der Waals surface area (Å²) in [7, 11) is 1.51. The second-order valence-corrected chi connectivity index (χ2v) is 32.2. The zero-order chi connectivity index (χ0) is 75.4. The summed E-state index contributed by atoms with van der Waals surface area (Å²) in [6.45, 7) is 16.7. The molecule has 31 nitrogen and oxygen atoms in total. The first-order chi connectivity index (χ1) is 48.3. The Morgan fingerprint density at radius 1 is 0.563 bits per heavy atom. The fourth-order valence-corrected chi connectivity index (χ4v) is 19.4. The fourth-order valence-electron chi connectivity index (χ4n) is 19.4. The van der Waals surface area contributed by atoms with Gasteiger partial charge in [-0.05, 0) is 148 Å². The fraction of sp³-hybridized carbons (Fsp3) is 0.806. The summed E-state index contributed by atoms with van der Waals surface area (Å²) in [6, 6.07) is 6.91. The number of carboxylic acid groups (broad SMARTS) is 1. The molecule has 4 saturated carbocycles. The number of methoxy groups -OCH3 is 1. The number of carbonyl (C=O) groups is 4. The van der Waals surface area contributed by atoms with E-state index in [9.17, 15) is 91.0 Å². The van der Waals surface area contributed by atoms with Gasteiger partial charge in [-0.3, -0.25) is 4.79 Å². The van der Waals surface area contributed by atoms with Crippen LogP contribution in [0.1, 0.15) is 133 Å². The molecule has 0 unspecified atom stereocenters. The Balaban J connectivity index is 0.893. The third-order valence-corrected chi connectivity index (χ3v) is 26.0. The quantitative estimate of drug-likeness (QED) is 0.0279. The Labute approximate surface area is 596 Å². The molecule has 5 heterocycles. The van der Waals surface area contributed by atoms with Gasteiger partial charge in [-0.1, -0.05) is 65.3 Å². The summed E-state index contributed by atoms with van der Waals surface area (Å²) in [6.07, 6.45) is -42.2. The molecule has 5 aliphatic carbocycles. The Morgan fingerprint density at radius 2 is 1.12 bits per heavy atom. The second-order valence-electron chi connectivity index (χ2n) is 32.2. The van der Waals surface area contributed by atoms with Crippen LogP contribution in [0.15, 0.2) is 41.5 Å². The average molecular weight is 1470 g/mol. The zero-order valence-corrected chi connectivity index (χ0v) is 59.8. The number of hydrogen-bond acceptors (Lipinski definition) is 30. The van der Waals surface area contributed by atoms with Crippen molar-refractivity contribution in [2.45, 2.75) is 293 Å². The van der Waals surface area contributed by atoms with Crippen LogP contribution in [-0.4, -0.2) is 287 Å². The molecule has 1 aromatic rings. The Hall–Kier alpha value is -4.34. The van der Waals surface area contributed by atoms with Crippen molar-refractivity contribution in [1.29, 1.82) is 0 Å². The lowest BCUT2D eigenvalue weighted by molar-refractivity contribution is -0.388. The summed E-state index contributed by atoms with van der Waals surface area (Å²) in [4.78, 5) is 57.0. The molecule has 0 bridgehead atoms. The van der Waals surface area contributed by atoms with E-state index in [1.54, 1.807) is 38.1 Å². The van der Waals surface area contributed by atoms with Gasteiger partial charge in [0.2, 0.25) is 6.29 Å². The molecule has 103 heavy (non-hydrogen) atoms. The van der Waals surface area contributed by atoms with E-state index in [2.05, 4.69) is 40.7 Å². The SMILES string of the molecule is COc1ccc(/C(C)=C(\C)C(=O)O[C@@H]2[C@@H](O)[C@@H](O[C@@H]3O[C@@H](C)[C@H](O)[C@@H](O)[C@H]3O[C@@H]3O[C@H](CO)[C@@H](O)[C@H](O)[C@H]3O)[C@H](OC(=O)[C@]34CCC(C)(C)C[C@H]3C3=CC[C@@H]5[C@@]6(C)CC[C@H](O[C@@H]7O[C@H](C(=O)O)[C@@H](O)[C@H](O)[C@H]7O[C@@H]7O[C@H](CO)[C@H](O)[C@H](O)[C@H]7O)[C@@](C)(C=O)[C@@H]6CC[C@@]5(C)[C@]3(C)C[C@H]4O)O[C@@H]2C)cc1. The van der Waals surface area contributed by atoms with E-state index >= 15 is 4.79 Å². The predicted octanol–water partition coefficient (Wildman–Crippen LogP) is -0.861. The number of esters is 2. The number of rotatable bonds is 18. The molecule has 0 aromatic heterocycles. The molecule has 11 rings (SSSR count). The van der Waals surface area contributed by atoms with E-state index in [1.807, 2.05) is 0 Å². The third-order valence-electron chi connectivity index (χ3n) is 26.0. The highest BCUT2D eigenvalue weighted by molar-refractivity contribution is 5.96. The van der Waals surface area contributed by atoms with E-state index in [-0.39, 0.29) is 30.8 Å². The first kappa shape index (κ1) is 79.7. The van der Waals surface area contributed by atoms with Crippen LogP contribution < -0.4 is 4.74 Å². The van der Waals surface area contributed by atoms with E-state index in [0.717, 1.165) is 11.9 Å². The lowest BCUT2D eigenvalue weighted by Crippen LogP contribution is -2.69. The molecule has 1 aromatic carbocycles. The third kappa shape index (κ3) is 13.7. The molecule has 0 amide bonds. The van der Waals surface area contributed by atoms with Crippen molar-refractivity contribution in [2.75, 3.05) is 20.3 Å². The van der Waals surface area contributed by atoms with Gasteiger partial charge in [0.05, 0.1) is 50.2 Å². The topological polar surface area (TPSA) is 482 Å². The maximum atomic E-state index is 16.1. The largest absolute Gasteiger partial charge is 0.497 e. The summed E-state index contributed by atoms with van der Waals surface area (Å²) in [5, 5.41) is 166. The lowest BCUT2D eigenvalue weighted by Gasteiger charge is -2.71.